The van der Waals surface area contributed by atoms with Crippen LogP contribution in [0.15, 0.2) is 53.7 Å². The number of aromatic nitrogens is 5. The van der Waals surface area contributed by atoms with Crippen LogP contribution in [-0.2, 0) is 32.8 Å². The standard InChI is InChI=1S/C24H31N7O4/c1-4-34-22(33-3)16-9-8-15-21(32)26-20-14-10-13-19(25-20)17-35-28-23(18-11-6-5-7-12-18)24-27-29-30-31(24)2/h5-7,10-14,22H,4,8-9,15-17H2,1-3H3,(H,25,26,32)/b28-23-. The number of hydrogen-bond donors (Lipinski definition) is 1. The van der Waals surface area contributed by atoms with Crippen molar-refractivity contribution in [3.63, 3.8) is 0 Å². The lowest BCUT2D eigenvalue weighted by molar-refractivity contribution is -0.125. The Bertz CT molecular complexity index is 1090. The van der Waals surface area contributed by atoms with Crippen molar-refractivity contribution in [2.45, 2.75) is 45.5 Å². The van der Waals surface area contributed by atoms with Crippen molar-refractivity contribution in [2.24, 2.45) is 12.2 Å². The summed E-state index contributed by atoms with van der Waals surface area (Å²) in [7, 11) is 3.35. The van der Waals surface area contributed by atoms with Crippen LogP contribution in [-0.4, -0.2) is 56.8 Å². The van der Waals surface area contributed by atoms with Gasteiger partial charge in [0.15, 0.2) is 18.6 Å². The lowest BCUT2D eigenvalue weighted by Crippen LogP contribution is -2.16. The molecule has 0 saturated carbocycles. The van der Waals surface area contributed by atoms with Gasteiger partial charge in [0.25, 0.3) is 0 Å². The minimum atomic E-state index is -0.226. The fourth-order valence-electron chi connectivity index (χ4n) is 3.30. The molecule has 0 fully saturated rings. The molecule has 1 N–H and O–H groups in total. The van der Waals surface area contributed by atoms with E-state index in [1.165, 1.54) is 4.68 Å². The maximum atomic E-state index is 12.3. The molecule has 2 heterocycles. The summed E-state index contributed by atoms with van der Waals surface area (Å²) in [6.07, 6.45) is 2.47. The van der Waals surface area contributed by atoms with Crippen molar-refractivity contribution in [3.8, 4) is 0 Å². The first-order chi connectivity index (χ1) is 17.1. The van der Waals surface area contributed by atoms with Gasteiger partial charge in [-0.05, 0) is 48.7 Å². The maximum Gasteiger partial charge on any atom is 0.225 e. The summed E-state index contributed by atoms with van der Waals surface area (Å²) in [4.78, 5) is 22.3. The second kappa shape index (κ2) is 13.9. The van der Waals surface area contributed by atoms with E-state index in [0.717, 1.165) is 24.8 Å². The first kappa shape index (κ1) is 25.9. The van der Waals surface area contributed by atoms with E-state index in [9.17, 15) is 4.79 Å². The molecule has 0 aliphatic carbocycles. The van der Waals surface area contributed by atoms with Crippen LogP contribution in [0.2, 0.25) is 0 Å². The molecule has 0 spiro atoms. The first-order valence-electron chi connectivity index (χ1n) is 11.5. The van der Waals surface area contributed by atoms with Crippen molar-refractivity contribution in [2.75, 3.05) is 19.0 Å². The second-order valence-electron chi connectivity index (χ2n) is 7.63. The van der Waals surface area contributed by atoms with Gasteiger partial charge in [-0.2, -0.15) is 0 Å². The Morgan fingerprint density at radius 2 is 1.97 bits per heavy atom. The largest absolute Gasteiger partial charge is 0.389 e. The predicted octanol–water partition coefficient (Wildman–Crippen LogP) is 3.08. The molecule has 186 valence electrons. The monoisotopic (exact) mass is 481 g/mol. The number of anilines is 1. The van der Waals surface area contributed by atoms with E-state index in [2.05, 4.69) is 31.0 Å². The molecule has 11 nitrogen and oxygen atoms in total. The van der Waals surface area contributed by atoms with Crippen LogP contribution < -0.4 is 5.32 Å². The van der Waals surface area contributed by atoms with E-state index >= 15 is 0 Å². The number of carbonyl (C=O) groups excluding carboxylic acids is 1. The number of aryl methyl sites for hydroxylation is 1. The Balaban J connectivity index is 1.53. The summed E-state index contributed by atoms with van der Waals surface area (Å²) in [6.45, 7) is 2.64. The number of pyridine rings is 1. The fourth-order valence-corrected chi connectivity index (χ4v) is 3.30. The zero-order valence-corrected chi connectivity index (χ0v) is 20.3. The van der Waals surface area contributed by atoms with E-state index in [0.29, 0.717) is 36.1 Å². The third-order valence-corrected chi connectivity index (χ3v) is 5.03. The number of benzene rings is 1. The quantitative estimate of drug-likeness (QED) is 0.161. The minimum absolute atomic E-state index is 0.0971. The zero-order valence-electron chi connectivity index (χ0n) is 20.3. The molecule has 3 rings (SSSR count). The molecule has 11 heteroatoms. The minimum Gasteiger partial charge on any atom is -0.389 e. The summed E-state index contributed by atoms with van der Waals surface area (Å²) in [5.41, 5.74) is 1.94. The van der Waals surface area contributed by atoms with Crippen LogP contribution in [0.3, 0.4) is 0 Å². The van der Waals surface area contributed by atoms with E-state index in [1.54, 1.807) is 32.4 Å². The topological polar surface area (TPSA) is 126 Å². The number of nitrogens with zero attached hydrogens (tertiary/aromatic N) is 6. The number of amides is 1. The number of carbonyl (C=O) groups is 1. The first-order valence-corrected chi connectivity index (χ1v) is 11.5. The molecule has 0 saturated heterocycles. The van der Waals surface area contributed by atoms with Crippen LogP contribution in [0, 0.1) is 0 Å². The number of tetrazole rings is 1. The smallest absolute Gasteiger partial charge is 0.225 e. The molecule has 0 radical (unpaired) electrons. The van der Waals surface area contributed by atoms with Gasteiger partial charge in [0.1, 0.15) is 5.82 Å². The van der Waals surface area contributed by atoms with Crippen LogP contribution in [0.4, 0.5) is 5.82 Å². The van der Waals surface area contributed by atoms with Gasteiger partial charge in [0, 0.05) is 32.7 Å². The normalized spacial score (nSPS) is 12.4. The third-order valence-electron chi connectivity index (χ3n) is 5.03. The molecule has 1 aromatic carbocycles. The Labute approximate surface area is 204 Å². The molecule has 0 aliphatic heterocycles. The number of rotatable bonds is 14. The lowest BCUT2D eigenvalue weighted by Gasteiger charge is -2.14. The number of methoxy groups -OCH3 is 1. The Morgan fingerprint density at radius 3 is 2.69 bits per heavy atom. The lowest BCUT2D eigenvalue weighted by atomic mass is 10.1. The van der Waals surface area contributed by atoms with Crippen LogP contribution >= 0.6 is 0 Å². The summed E-state index contributed by atoms with van der Waals surface area (Å²) < 4.78 is 12.2. The molecule has 1 atom stereocenters. The number of unbranched alkanes of at least 4 members (excludes halogenated alkanes) is 1. The number of hydrogen-bond acceptors (Lipinski definition) is 9. The van der Waals surface area contributed by atoms with Gasteiger partial charge in [-0.1, -0.05) is 41.6 Å². The average Bonchev–Trinajstić information content (AvgIpc) is 3.30. The molecule has 0 bridgehead atoms. The molecule has 35 heavy (non-hydrogen) atoms. The highest BCUT2D eigenvalue weighted by Gasteiger charge is 2.15. The highest BCUT2D eigenvalue weighted by atomic mass is 16.7. The molecular formula is C24H31N7O4. The third kappa shape index (κ3) is 8.23. The molecule has 2 aromatic heterocycles. The van der Waals surface area contributed by atoms with Gasteiger partial charge in [0.05, 0.1) is 5.69 Å². The van der Waals surface area contributed by atoms with Gasteiger partial charge in [-0.25, -0.2) is 9.67 Å². The number of nitrogens with one attached hydrogen (secondary N) is 1. The van der Waals surface area contributed by atoms with Gasteiger partial charge in [-0.3, -0.25) is 4.79 Å². The van der Waals surface area contributed by atoms with Crippen molar-refractivity contribution < 1.29 is 19.1 Å². The van der Waals surface area contributed by atoms with Crippen molar-refractivity contribution >= 4 is 17.4 Å². The zero-order chi connectivity index (χ0) is 24.9. The highest BCUT2D eigenvalue weighted by molar-refractivity contribution is 6.10. The summed E-state index contributed by atoms with van der Waals surface area (Å²) in [5.74, 6) is 0.841. The molecule has 1 unspecified atom stereocenters. The van der Waals surface area contributed by atoms with Gasteiger partial charge >= 0.3 is 0 Å². The Kier molecular flexibility index (Phi) is 10.3. The number of oxime groups is 1. The highest BCUT2D eigenvalue weighted by Crippen LogP contribution is 2.12. The van der Waals surface area contributed by atoms with E-state index in [1.807, 2.05) is 37.3 Å². The summed E-state index contributed by atoms with van der Waals surface area (Å²) in [6, 6.07) is 14.9. The maximum absolute atomic E-state index is 12.3. The number of ether oxygens (including phenoxy) is 2. The molecule has 1 amide bonds. The van der Waals surface area contributed by atoms with E-state index in [-0.39, 0.29) is 18.8 Å². The fraction of sp³-hybridized carbons (Fsp3) is 0.417. The Morgan fingerprint density at radius 1 is 1.14 bits per heavy atom. The summed E-state index contributed by atoms with van der Waals surface area (Å²) in [5, 5.41) is 18.7. The second-order valence-corrected chi connectivity index (χ2v) is 7.63. The summed E-state index contributed by atoms with van der Waals surface area (Å²) >= 11 is 0. The molecule has 0 aliphatic rings. The van der Waals surface area contributed by atoms with E-state index < -0.39 is 0 Å². The van der Waals surface area contributed by atoms with Crippen LogP contribution in [0.5, 0.6) is 0 Å². The SMILES string of the molecule is CCOC(CCCCC(=O)Nc1cccc(CO/N=C(/c2ccccc2)c2nnnn2C)n1)OC. The van der Waals surface area contributed by atoms with Crippen molar-refractivity contribution in [3.05, 3.63) is 65.6 Å². The van der Waals surface area contributed by atoms with Gasteiger partial charge in [-0.15, -0.1) is 5.10 Å². The Hall–Kier alpha value is -3.70. The van der Waals surface area contributed by atoms with Crippen molar-refractivity contribution in [1.82, 2.24) is 25.2 Å². The molecular weight excluding hydrogens is 450 g/mol. The van der Waals surface area contributed by atoms with E-state index in [4.69, 9.17) is 14.3 Å². The van der Waals surface area contributed by atoms with Gasteiger partial charge < -0.3 is 19.6 Å². The predicted molar refractivity (Wildman–Crippen MR) is 129 cm³/mol. The van der Waals surface area contributed by atoms with Gasteiger partial charge in [0.2, 0.25) is 11.7 Å². The van der Waals surface area contributed by atoms with Crippen LogP contribution in [0.25, 0.3) is 0 Å². The van der Waals surface area contributed by atoms with Crippen molar-refractivity contribution in [1.29, 1.82) is 0 Å². The molecule has 3 aromatic rings. The van der Waals surface area contributed by atoms with Crippen LogP contribution in [0.1, 0.15) is 49.7 Å². The average molecular weight is 482 g/mol.